The Bertz CT molecular complexity index is 1160. The first-order chi connectivity index (χ1) is 14.0. The summed E-state index contributed by atoms with van der Waals surface area (Å²) in [4.78, 5) is 17.4. The molecule has 1 heterocycles. The van der Waals surface area contributed by atoms with Crippen molar-refractivity contribution in [1.82, 2.24) is 14.8 Å². The topological polar surface area (TPSA) is 59.8 Å². The molecule has 0 saturated heterocycles. The van der Waals surface area contributed by atoms with Gasteiger partial charge in [0.15, 0.2) is 5.82 Å². The Morgan fingerprint density at radius 1 is 0.862 bits per heavy atom. The van der Waals surface area contributed by atoms with E-state index in [1.807, 2.05) is 93.6 Å². The van der Waals surface area contributed by atoms with Crippen molar-refractivity contribution in [3.8, 4) is 17.1 Å². The van der Waals surface area contributed by atoms with E-state index in [-0.39, 0.29) is 11.7 Å². The molecule has 4 aromatic rings. The van der Waals surface area contributed by atoms with Gasteiger partial charge in [0.05, 0.1) is 5.69 Å². The van der Waals surface area contributed by atoms with Crippen molar-refractivity contribution in [2.45, 2.75) is 20.8 Å². The van der Waals surface area contributed by atoms with Crippen molar-refractivity contribution in [2.75, 3.05) is 5.32 Å². The first-order valence-electron chi connectivity index (χ1n) is 9.49. The lowest BCUT2D eigenvalue weighted by Gasteiger charge is -2.06. The standard InChI is InChI=1S/C24H22N4O/c1-16-9-13-21(14-10-16)28-23(19-7-5-4-6-8-19)26-22(27-28)24(29)25-20-12-11-17(2)18(3)15-20/h4-15H,1-3H3,(H,25,29). The van der Waals surface area contributed by atoms with Crippen LogP contribution in [-0.4, -0.2) is 20.7 Å². The fraction of sp³-hybridized carbons (Fsp3) is 0.125. The molecule has 5 nitrogen and oxygen atoms in total. The monoisotopic (exact) mass is 382 g/mol. The van der Waals surface area contributed by atoms with Gasteiger partial charge in [0.25, 0.3) is 5.91 Å². The molecule has 144 valence electrons. The lowest BCUT2D eigenvalue weighted by Crippen LogP contribution is -2.14. The number of carbonyl (C=O) groups is 1. The zero-order valence-electron chi connectivity index (χ0n) is 16.7. The minimum Gasteiger partial charge on any atom is -0.319 e. The molecule has 0 aliphatic rings. The van der Waals surface area contributed by atoms with Gasteiger partial charge in [-0.25, -0.2) is 9.67 Å². The maximum Gasteiger partial charge on any atom is 0.295 e. The van der Waals surface area contributed by atoms with Crippen LogP contribution in [0.2, 0.25) is 0 Å². The maximum atomic E-state index is 12.8. The van der Waals surface area contributed by atoms with Crippen LogP contribution in [0.3, 0.4) is 0 Å². The Kier molecular flexibility index (Phi) is 4.96. The summed E-state index contributed by atoms with van der Waals surface area (Å²) in [6.45, 7) is 6.09. The van der Waals surface area contributed by atoms with Gasteiger partial charge in [-0.3, -0.25) is 4.79 Å². The fourth-order valence-corrected chi connectivity index (χ4v) is 3.05. The molecule has 0 aliphatic heterocycles. The summed E-state index contributed by atoms with van der Waals surface area (Å²) in [7, 11) is 0. The van der Waals surface area contributed by atoms with Gasteiger partial charge in [-0.15, -0.1) is 5.10 Å². The number of nitrogens with one attached hydrogen (secondary N) is 1. The molecule has 0 bridgehead atoms. The van der Waals surface area contributed by atoms with Gasteiger partial charge in [0, 0.05) is 11.3 Å². The second kappa shape index (κ2) is 7.72. The van der Waals surface area contributed by atoms with Crippen LogP contribution in [0.5, 0.6) is 0 Å². The van der Waals surface area contributed by atoms with E-state index in [0.717, 1.165) is 28.1 Å². The molecule has 1 aromatic heterocycles. The van der Waals surface area contributed by atoms with Crippen molar-refractivity contribution >= 4 is 11.6 Å². The third-order valence-electron chi connectivity index (χ3n) is 4.89. The minimum absolute atomic E-state index is 0.127. The quantitative estimate of drug-likeness (QED) is 0.533. The number of benzene rings is 3. The molecule has 0 radical (unpaired) electrons. The highest BCUT2D eigenvalue weighted by molar-refractivity contribution is 6.01. The molecule has 29 heavy (non-hydrogen) atoms. The number of hydrogen-bond donors (Lipinski definition) is 1. The largest absolute Gasteiger partial charge is 0.319 e. The van der Waals surface area contributed by atoms with E-state index in [0.29, 0.717) is 5.82 Å². The number of anilines is 1. The summed E-state index contributed by atoms with van der Waals surface area (Å²) in [5.41, 5.74) is 5.92. The number of nitrogens with zero attached hydrogens (tertiary/aromatic N) is 3. The Morgan fingerprint density at radius 3 is 2.28 bits per heavy atom. The highest BCUT2D eigenvalue weighted by Gasteiger charge is 2.19. The number of carbonyl (C=O) groups excluding carboxylic acids is 1. The Balaban J connectivity index is 1.73. The van der Waals surface area contributed by atoms with E-state index in [1.54, 1.807) is 4.68 Å². The first-order valence-corrected chi connectivity index (χ1v) is 9.49. The molecule has 0 atom stereocenters. The molecule has 3 aromatic carbocycles. The van der Waals surface area contributed by atoms with Gasteiger partial charge in [-0.1, -0.05) is 54.1 Å². The minimum atomic E-state index is -0.337. The Hall–Kier alpha value is -3.73. The van der Waals surface area contributed by atoms with Gasteiger partial charge in [0.2, 0.25) is 5.82 Å². The molecule has 0 spiro atoms. The predicted octanol–water partition coefficient (Wildman–Crippen LogP) is 5.11. The highest BCUT2D eigenvalue weighted by atomic mass is 16.2. The zero-order valence-corrected chi connectivity index (χ0v) is 16.7. The lowest BCUT2D eigenvalue weighted by molar-refractivity contribution is 0.101. The average Bonchev–Trinajstić information content (AvgIpc) is 3.18. The summed E-state index contributed by atoms with van der Waals surface area (Å²) in [5, 5.41) is 7.42. The number of aromatic nitrogens is 3. The maximum absolute atomic E-state index is 12.8. The summed E-state index contributed by atoms with van der Waals surface area (Å²) < 4.78 is 1.71. The van der Waals surface area contributed by atoms with Crippen molar-refractivity contribution in [3.05, 3.63) is 95.3 Å². The first kappa shape index (κ1) is 18.6. The van der Waals surface area contributed by atoms with Gasteiger partial charge < -0.3 is 5.32 Å². The van der Waals surface area contributed by atoms with Crippen LogP contribution in [-0.2, 0) is 0 Å². The SMILES string of the molecule is Cc1ccc(-n2nc(C(=O)Nc3ccc(C)c(C)c3)nc2-c2ccccc2)cc1. The highest BCUT2D eigenvalue weighted by Crippen LogP contribution is 2.22. The zero-order chi connectivity index (χ0) is 20.4. The van der Waals surface area contributed by atoms with Crippen LogP contribution < -0.4 is 5.32 Å². The molecular formula is C24H22N4O. The van der Waals surface area contributed by atoms with E-state index in [4.69, 9.17) is 0 Å². The summed E-state index contributed by atoms with van der Waals surface area (Å²) >= 11 is 0. The molecule has 4 rings (SSSR count). The van der Waals surface area contributed by atoms with E-state index in [9.17, 15) is 4.79 Å². The van der Waals surface area contributed by atoms with E-state index < -0.39 is 0 Å². The van der Waals surface area contributed by atoms with Crippen molar-refractivity contribution in [1.29, 1.82) is 0 Å². The van der Waals surface area contributed by atoms with E-state index in [2.05, 4.69) is 15.4 Å². The lowest BCUT2D eigenvalue weighted by atomic mass is 10.1. The summed E-state index contributed by atoms with van der Waals surface area (Å²) in [5.74, 6) is 0.415. The van der Waals surface area contributed by atoms with Crippen molar-refractivity contribution in [2.24, 2.45) is 0 Å². The molecule has 0 aliphatic carbocycles. The average molecular weight is 382 g/mol. The number of amides is 1. The van der Waals surface area contributed by atoms with E-state index in [1.165, 1.54) is 5.56 Å². The van der Waals surface area contributed by atoms with Crippen LogP contribution >= 0.6 is 0 Å². The summed E-state index contributed by atoms with van der Waals surface area (Å²) in [6.07, 6.45) is 0. The molecule has 0 saturated carbocycles. The molecule has 0 fully saturated rings. The van der Waals surface area contributed by atoms with Gasteiger partial charge in [-0.2, -0.15) is 0 Å². The Labute approximate surface area is 170 Å². The second-order valence-electron chi connectivity index (χ2n) is 7.13. The van der Waals surface area contributed by atoms with Crippen LogP contribution in [0.1, 0.15) is 27.3 Å². The predicted molar refractivity (Wildman–Crippen MR) is 115 cm³/mol. The van der Waals surface area contributed by atoms with Crippen molar-refractivity contribution < 1.29 is 4.79 Å². The van der Waals surface area contributed by atoms with Crippen LogP contribution in [0.25, 0.3) is 17.1 Å². The third kappa shape index (κ3) is 3.94. The fourth-order valence-electron chi connectivity index (χ4n) is 3.05. The molecule has 5 heteroatoms. The number of aryl methyl sites for hydroxylation is 3. The van der Waals surface area contributed by atoms with Crippen LogP contribution in [0, 0.1) is 20.8 Å². The smallest absolute Gasteiger partial charge is 0.295 e. The molecule has 0 unspecified atom stereocenters. The third-order valence-corrected chi connectivity index (χ3v) is 4.89. The number of rotatable bonds is 4. The molecule has 1 N–H and O–H groups in total. The molecular weight excluding hydrogens is 360 g/mol. The van der Waals surface area contributed by atoms with E-state index >= 15 is 0 Å². The Morgan fingerprint density at radius 2 is 1.59 bits per heavy atom. The van der Waals surface area contributed by atoms with Gasteiger partial charge in [0.1, 0.15) is 0 Å². The van der Waals surface area contributed by atoms with Gasteiger partial charge >= 0.3 is 0 Å². The molecule has 1 amide bonds. The summed E-state index contributed by atoms with van der Waals surface area (Å²) in [6, 6.07) is 23.5. The normalized spacial score (nSPS) is 10.7. The number of hydrogen-bond acceptors (Lipinski definition) is 3. The van der Waals surface area contributed by atoms with Gasteiger partial charge in [-0.05, 0) is 56.2 Å². The van der Waals surface area contributed by atoms with Crippen molar-refractivity contribution in [3.63, 3.8) is 0 Å². The van der Waals surface area contributed by atoms with Crippen LogP contribution in [0.4, 0.5) is 5.69 Å². The van der Waals surface area contributed by atoms with Crippen LogP contribution in [0.15, 0.2) is 72.8 Å². The second-order valence-corrected chi connectivity index (χ2v) is 7.13.